The van der Waals surface area contributed by atoms with E-state index < -0.39 is 0 Å². The average Bonchev–Trinajstić information content (AvgIpc) is 2.04. The minimum absolute atomic E-state index is 0.445. The third-order valence-corrected chi connectivity index (χ3v) is 2.96. The van der Waals surface area contributed by atoms with Crippen molar-refractivity contribution in [3.8, 4) is 0 Å². The van der Waals surface area contributed by atoms with E-state index in [4.69, 9.17) is 5.73 Å². The molecular formula is C11H24N2. The van der Waals surface area contributed by atoms with E-state index >= 15 is 0 Å². The third kappa shape index (κ3) is 4.10. The minimum atomic E-state index is 0.445. The molecule has 3 unspecified atom stereocenters. The molecule has 3 N–H and O–H groups in total. The van der Waals surface area contributed by atoms with Crippen LogP contribution >= 0.6 is 0 Å². The Balaban J connectivity index is 2.19. The molecule has 13 heavy (non-hydrogen) atoms. The monoisotopic (exact) mass is 184 g/mol. The molecule has 0 spiro atoms. The van der Waals surface area contributed by atoms with Crippen LogP contribution in [0.4, 0.5) is 0 Å². The lowest BCUT2D eigenvalue weighted by Gasteiger charge is -2.30. The molecule has 0 aromatic rings. The Hall–Kier alpha value is -0.0800. The van der Waals surface area contributed by atoms with Crippen LogP contribution in [-0.2, 0) is 0 Å². The number of hydrogen-bond acceptors (Lipinski definition) is 2. The highest BCUT2D eigenvalue weighted by molar-refractivity contribution is 4.81. The van der Waals surface area contributed by atoms with Gasteiger partial charge in [-0.1, -0.05) is 19.8 Å². The largest absolute Gasteiger partial charge is 0.328 e. The zero-order chi connectivity index (χ0) is 9.68. The van der Waals surface area contributed by atoms with Crippen LogP contribution in [0.5, 0.6) is 0 Å². The molecule has 0 bridgehead atoms. The van der Waals surface area contributed by atoms with Crippen LogP contribution in [0.15, 0.2) is 0 Å². The van der Waals surface area contributed by atoms with Gasteiger partial charge in [0.2, 0.25) is 0 Å². The molecule has 2 heteroatoms. The molecule has 0 heterocycles. The lowest BCUT2D eigenvalue weighted by molar-refractivity contribution is 0.311. The van der Waals surface area contributed by atoms with Gasteiger partial charge in [0.15, 0.2) is 0 Å². The summed E-state index contributed by atoms with van der Waals surface area (Å²) in [7, 11) is 0. The highest BCUT2D eigenvalue weighted by Crippen LogP contribution is 2.17. The van der Waals surface area contributed by atoms with Crippen molar-refractivity contribution in [2.24, 2.45) is 5.73 Å². The van der Waals surface area contributed by atoms with Gasteiger partial charge in [-0.25, -0.2) is 0 Å². The van der Waals surface area contributed by atoms with Gasteiger partial charge in [0.05, 0.1) is 0 Å². The summed E-state index contributed by atoms with van der Waals surface area (Å²) in [4.78, 5) is 0. The molecule has 3 atom stereocenters. The van der Waals surface area contributed by atoms with Crippen molar-refractivity contribution in [1.29, 1.82) is 0 Å². The first-order valence-electron chi connectivity index (χ1n) is 5.74. The SMILES string of the molecule is CCCC(C)NC1CCCC(N)C1. The van der Waals surface area contributed by atoms with Crippen molar-refractivity contribution in [2.75, 3.05) is 0 Å². The predicted molar refractivity (Wildman–Crippen MR) is 57.7 cm³/mol. The molecular weight excluding hydrogens is 160 g/mol. The van der Waals surface area contributed by atoms with Crippen LogP contribution in [0.3, 0.4) is 0 Å². The highest BCUT2D eigenvalue weighted by atomic mass is 14.9. The maximum atomic E-state index is 5.93. The Morgan fingerprint density at radius 1 is 1.46 bits per heavy atom. The summed E-state index contributed by atoms with van der Waals surface area (Å²) in [5.41, 5.74) is 5.93. The van der Waals surface area contributed by atoms with E-state index in [0.717, 1.165) is 0 Å². The molecule has 2 nitrogen and oxygen atoms in total. The van der Waals surface area contributed by atoms with Crippen LogP contribution < -0.4 is 11.1 Å². The molecule has 0 aliphatic heterocycles. The Kier molecular flexibility index (Phi) is 4.74. The van der Waals surface area contributed by atoms with Gasteiger partial charge in [0, 0.05) is 18.1 Å². The summed E-state index contributed by atoms with van der Waals surface area (Å²) in [6.07, 6.45) is 7.58. The van der Waals surface area contributed by atoms with Crippen LogP contribution in [0.25, 0.3) is 0 Å². The van der Waals surface area contributed by atoms with E-state index in [0.29, 0.717) is 18.1 Å². The van der Waals surface area contributed by atoms with Gasteiger partial charge < -0.3 is 11.1 Å². The first-order valence-corrected chi connectivity index (χ1v) is 5.74. The predicted octanol–water partition coefficient (Wildman–Crippen LogP) is 2.03. The maximum absolute atomic E-state index is 5.93. The van der Waals surface area contributed by atoms with E-state index in [1.54, 1.807) is 0 Å². The summed E-state index contributed by atoms with van der Waals surface area (Å²) in [6, 6.07) is 1.80. The van der Waals surface area contributed by atoms with E-state index in [-0.39, 0.29) is 0 Å². The zero-order valence-electron chi connectivity index (χ0n) is 9.05. The fraction of sp³-hybridized carbons (Fsp3) is 1.00. The minimum Gasteiger partial charge on any atom is -0.328 e. The number of hydrogen-bond donors (Lipinski definition) is 2. The molecule has 0 aromatic carbocycles. The molecule has 1 aliphatic carbocycles. The molecule has 0 aromatic heterocycles. The summed E-state index contributed by atoms with van der Waals surface area (Å²) in [6.45, 7) is 4.52. The summed E-state index contributed by atoms with van der Waals surface area (Å²) < 4.78 is 0. The Morgan fingerprint density at radius 3 is 2.85 bits per heavy atom. The lowest BCUT2D eigenvalue weighted by atomic mass is 9.91. The van der Waals surface area contributed by atoms with Crippen LogP contribution in [0.2, 0.25) is 0 Å². The number of nitrogens with one attached hydrogen (secondary N) is 1. The van der Waals surface area contributed by atoms with Crippen LogP contribution in [-0.4, -0.2) is 18.1 Å². The van der Waals surface area contributed by atoms with E-state index in [2.05, 4.69) is 19.2 Å². The topological polar surface area (TPSA) is 38.0 Å². The first kappa shape index (κ1) is 11.0. The number of rotatable bonds is 4. The second kappa shape index (κ2) is 5.61. The van der Waals surface area contributed by atoms with E-state index in [1.165, 1.54) is 38.5 Å². The first-order chi connectivity index (χ1) is 6.22. The molecule has 78 valence electrons. The van der Waals surface area contributed by atoms with Crippen molar-refractivity contribution in [3.63, 3.8) is 0 Å². The van der Waals surface area contributed by atoms with Gasteiger partial charge in [-0.3, -0.25) is 0 Å². The molecule has 1 rings (SSSR count). The Morgan fingerprint density at radius 2 is 2.23 bits per heavy atom. The molecule has 0 radical (unpaired) electrons. The Labute approximate surface area is 82.3 Å². The van der Waals surface area contributed by atoms with Crippen LogP contribution in [0, 0.1) is 0 Å². The highest BCUT2D eigenvalue weighted by Gasteiger charge is 2.19. The van der Waals surface area contributed by atoms with Crippen molar-refractivity contribution in [2.45, 2.75) is 70.5 Å². The summed E-state index contributed by atoms with van der Waals surface area (Å²) in [5, 5.41) is 3.67. The van der Waals surface area contributed by atoms with Gasteiger partial charge in [-0.15, -0.1) is 0 Å². The molecule has 1 aliphatic rings. The van der Waals surface area contributed by atoms with Crippen molar-refractivity contribution in [3.05, 3.63) is 0 Å². The molecule has 0 saturated heterocycles. The fourth-order valence-corrected chi connectivity index (χ4v) is 2.30. The van der Waals surface area contributed by atoms with Crippen molar-refractivity contribution >= 4 is 0 Å². The number of nitrogens with two attached hydrogens (primary N) is 1. The smallest absolute Gasteiger partial charge is 0.00842 e. The van der Waals surface area contributed by atoms with Crippen molar-refractivity contribution < 1.29 is 0 Å². The van der Waals surface area contributed by atoms with Gasteiger partial charge in [-0.05, 0) is 32.6 Å². The van der Waals surface area contributed by atoms with E-state index in [1.807, 2.05) is 0 Å². The van der Waals surface area contributed by atoms with Crippen LogP contribution in [0.1, 0.15) is 52.4 Å². The lowest BCUT2D eigenvalue weighted by Crippen LogP contribution is -2.43. The summed E-state index contributed by atoms with van der Waals surface area (Å²) in [5.74, 6) is 0. The fourth-order valence-electron chi connectivity index (χ4n) is 2.30. The van der Waals surface area contributed by atoms with Gasteiger partial charge in [-0.2, -0.15) is 0 Å². The summed E-state index contributed by atoms with van der Waals surface area (Å²) >= 11 is 0. The molecule has 1 saturated carbocycles. The second-order valence-corrected chi connectivity index (χ2v) is 4.48. The van der Waals surface area contributed by atoms with Gasteiger partial charge >= 0.3 is 0 Å². The maximum Gasteiger partial charge on any atom is 0.00842 e. The average molecular weight is 184 g/mol. The zero-order valence-corrected chi connectivity index (χ0v) is 9.05. The third-order valence-electron chi connectivity index (χ3n) is 2.96. The second-order valence-electron chi connectivity index (χ2n) is 4.48. The Bertz CT molecular complexity index is 136. The normalized spacial score (nSPS) is 31.6. The van der Waals surface area contributed by atoms with Gasteiger partial charge in [0.1, 0.15) is 0 Å². The molecule has 0 amide bonds. The molecule has 1 fully saturated rings. The van der Waals surface area contributed by atoms with Crippen molar-refractivity contribution in [1.82, 2.24) is 5.32 Å². The van der Waals surface area contributed by atoms with Gasteiger partial charge in [0.25, 0.3) is 0 Å². The quantitative estimate of drug-likeness (QED) is 0.701. The van der Waals surface area contributed by atoms with E-state index in [9.17, 15) is 0 Å². The standard InChI is InChI=1S/C11H24N2/c1-3-5-9(2)13-11-7-4-6-10(12)8-11/h9-11,13H,3-8,12H2,1-2H3.